The van der Waals surface area contributed by atoms with Crippen molar-refractivity contribution in [3.8, 4) is 0 Å². The molecule has 5 nitrogen and oxygen atoms in total. The van der Waals surface area contributed by atoms with Crippen LogP contribution >= 0.6 is 0 Å². The van der Waals surface area contributed by atoms with Crippen LogP contribution in [0.1, 0.15) is 43.3 Å². The van der Waals surface area contributed by atoms with Crippen LogP contribution in [0.25, 0.3) is 0 Å². The van der Waals surface area contributed by atoms with Crippen LogP contribution in [0.2, 0.25) is 0 Å². The Morgan fingerprint density at radius 1 is 1.22 bits per heavy atom. The average molecular weight is 249 g/mol. The molecule has 1 atom stereocenters. The molecule has 2 fully saturated rings. The van der Waals surface area contributed by atoms with Crippen LogP contribution in [0.3, 0.4) is 0 Å². The van der Waals surface area contributed by atoms with Gasteiger partial charge in [-0.3, -0.25) is 10.00 Å². The normalized spacial score (nSPS) is 27.5. The Kier molecular flexibility index (Phi) is 3.61. The zero-order valence-electron chi connectivity index (χ0n) is 11.2. The molecule has 0 spiro atoms. The number of nitrogens with zero attached hydrogens (tertiary/aromatic N) is 3. The molecule has 0 unspecified atom stereocenters. The van der Waals surface area contributed by atoms with E-state index in [0.717, 1.165) is 24.2 Å². The van der Waals surface area contributed by atoms with Gasteiger partial charge in [0.2, 0.25) is 0 Å². The second-order valence-electron chi connectivity index (χ2n) is 5.59. The highest BCUT2D eigenvalue weighted by atomic mass is 15.2. The van der Waals surface area contributed by atoms with Gasteiger partial charge >= 0.3 is 0 Å². The van der Waals surface area contributed by atoms with Crippen LogP contribution in [0, 0.1) is 6.92 Å². The molecule has 0 aromatic carbocycles. The number of H-pyrrole nitrogens is 1. The molecule has 0 amide bonds. The maximum absolute atomic E-state index is 4.51. The summed E-state index contributed by atoms with van der Waals surface area (Å²) in [7, 11) is 0. The number of aromatic nitrogens is 3. The highest BCUT2D eigenvalue weighted by molar-refractivity contribution is 5.00. The molecule has 3 rings (SSSR count). The van der Waals surface area contributed by atoms with Gasteiger partial charge in [0, 0.05) is 18.5 Å². The van der Waals surface area contributed by atoms with E-state index in [4.69, 9.17) is 0 Å². The van der Waals surface area contributed by atoms with Gasteiger partial charge in [0.1, 0.15) is 5.82 Å². The number of hydrogen-bond acceptors (Lipinski definition) is 4. The third kappa shape index (κ3) is 2.57. The quantitative estimate of drug-likeness (QED) is 0.822. The highest BCUT2D eigenvalue weighted by Crippen LogP contribution is 2.27. The Bertz CT molecular complexity index is 382. The molecule has 1 aromatic heterocycles. The monoisotopic (exact) mass is 249 g/mol. The van der Waals surface area contributed by atoms with Crippen LogP contribution in [0.4, 0.5) is 0 Å². The van der Waals surface area contributed by atoms with Gasteiger partial charge in [0.15, 0.2) is 5.82 Å². The standard InChI is InChI=1S/C13H23N5/c1-10-15-13(17-16-10)11-3-2-8-18(9-11)12-4-6-14-7-5-12/h11-12,14H,2-9H2,1H3,(H,15,16,17)/t11-/m1/s1. The van der Waals surface area contributed by atoms with Gasteiger partial charge < -0.3 is 5.32 Å². The number of nitrogens with one attached hydrogen (secondary N) is 2. The van der Waals surface area contributed by atoms with Gasteiger partial charge in [-0.05, 0) is 52.2 Å². The third-order valence-corrected chi connectivity index (χ3v) is 4.26. The SMILES string of the molecule is Cc1nc([C@@H]2CCCN(C3CCNCC3)C2)n[nH]1. The first kappa shape index (κ1) is 12.1. The molecule has 2 saturated heterocycles. The van der Waals surface area contributed by atoms with Crippen LogP contribution in [0.15, 0.2) is 0 Å². The molecule has 0 saturated carbocycles. The van der Waals surface area contributed by atoms with Crippen molar-refractivity contribution in [2.75, 3.05) is 26.2 Å². The predicted molar refractivity (Wildman–Crippen MR) is 70.6 cm³/mol. The Hall–Kier alpha value is -0.940. The van der Waals surface area contributed by atoms with E-state index in [9.17, 15) is 0 Å². The number of rotatable bonds is 2. The maximum Gasteiger partial charge on any atom is 0.155 e. The second-order valence-corrected chi connectivity index (χ2v) is 5.59. The van der Waals surface area contributed by atoms with Gasteiger partial charge in [-0.1, -0.05) is 0 Å². The first-order valence-electron chi connectivity index (χ1n) is 7.16. The Balaban J connectivity index is 1.64. The lowest BCUT2D eigenvalue weighted by Crippen LogP contribution is -2.47. The summed E-state index contributed by atoms with van der Waals surface area (Å²) in [5, 5.41) is 10.8. The lowest BCUT2D eigenvalue weighted by molar-refractivity contribution is 0.121. The second kappa shape index (κ2) is 5.36. The lowest BCUT2D eigenvalue weighted by atomic mass is 9.94. The van der Waals surface area contributed by atoms with Gasteiger partial charge in [-0.25, -0.2) is 4.98 Å². The molecular weight excluding hydrogens is 226 g/mol. The summed E-state index contributed by atoms with van der Waals surface area (Å²) in [4.78, 5) is 7.18. The third-order valence-electron chi connectivity index (χ3n) is 4.26. The Labute approximate surface area is 108 Å². The minimum absolute atomic E-state index is 0.526. The summed E-state index contributed by atoms with van der Waals surface area (Å²) in [6, 6.07) is 0.772. The average Bonchev–Trinajstić information content (AvgIpc) is 2.87. The molecular formula is C13H23N5. The number of piperidine rings is 2. The van der Waals surface area contributed by atoms with E-state index in [1.165, 1.54) is 45.3 Å². The first-order chi connectivity index (χ1) is 8.83. The van der Waals surface area contributed by atoms with Gasteiger partial charge in [-0.2, -0.15) is 5.10 Å². The molecule has 2 aliphatic rings. The van der Waals surface area contributed by atoms with Crippen molar-refractivity contribution in [1.82, 2.24) is 25.4 Å². The van der Waals surface area contributed by atoms with Crippen molar-refractivity contribution >= 4 is 0 Å². The minimum Gasteiger partial charge on any atom is -0.317 e. The molecule has 2 aliphatic heterocycles. The maximum atomic E-state index is 4.51. The van der Waals surface area contributed by atoms with Crippen molar-refractivity contribution in [2.45, 2.75) is 44.6 Å². The van der Waals surface area contributed by atoms with Gasteiger partial charge in [0.05, 0.1) is 0 Å². The molecule has 100 valence electrons. The fourth-order valence-corrected chi connectivity index (χ4v) is 3.26. The van der Waals surface area contributed by atoms with E-state index in [-0.39, 0.29) is 0 Å². The minimum atomic E-state index is 0.526. The van der Waals surface area contributed by atoms with Crippen molar-refractivity contribution in [3.05, 3.63) is 11.6 Å². The number of aryl methyl sites for hydroxylation is 1. The summed E-state index contributed by atoms with van der Waals surface area (Å²) in [5.41, 5.74) is 0. The van der Waals surface area contributed by atoms with Crippen LogP contribution in [-0.4, -0.2) is 52.3 Å². The summed E-state index contributed by atoms with van der Waals surface area (Å²) in [5.74, 6) is 2.48. The molecule has 18 heavy (non-hydrogen) atoms. The van der Waals surface area contributed by atoms with Crippen molar-refractivity contribution < 1.29 is 0 Å². The first-order valence-corrected chi connectivity index (χ1v) is 7.16. The molecule has 0 radical (unpaired) electrons. The Morgan fingerprint density at radius 2 is 2.06 bits per heavy atom. The topological polar surface area (TPSA) is 56.8 Å². The molecule has 5 heteroatoms. The number of likely N-dealkylation sites (tertiary alicyclic amines) is 1. The van der Waals surface area contributed by atoms with E-state index in [1.54, 1.807) is 0 Å². The van der Waals surface area contributed by atoms with E-state index < -0.39 is 0 Å². The molecule has 0 aliphatic carbocycles. The summed E-state index contributed by atoms with van der Waals surface area (Å²) >= 11 is 0. The van der Waals surface area contributed by atoms with Gasteiger partial charge in [-0.15, -0.1) is 0 Å². The number of aromatic amines is 1. The fourth-order valence-electron chi connectivity index (χ4n) is 3.26. The number of hydrogen-bond donors (Lipinski definition) is 2. The van der Waals surface area contributed by atoms with Crippen molar-refractivity contribution in [3.63, 3.8) is 0 Å². The van der Waals surface area contributed by atoms with E-state index >= 15 is 0 Å². The summed E-state index contributed by atoms with van der Waals surface area (Å²) in [6.07, 6.45) is 5.10. The Morgan fingerprint density at radius 3 is 2.78 bits per heavy atom. The zero-order valence-corrected chi connectivity index (χ0v) is 11.2. The molecule has 0 bridgehead atoms. The van der Waals surface area contributed by atoms with Crippen molar-refractivity contribution in [2.24, 2.45) is 0 Å². The van der Waals surface area contributed by atoms with E-state index in [0.29, 0.717) is 5.92 Å². The predicted octanol–water partition coefficient (Wildman–Crippen LogP) is 1.04. The van der Waals surface area contributed by atoms with Crippen LogP contribution < -0.4 is 5.32 Å². The largest absolute Gasteiger partial charge is 0.317 e. The fraction of sp³-hybridized carbons (Fsp3) is 0.846. The smallest absolute Gasteiger partial charge is 0.155 e. The molecule has 2 N–H and O–H groups in total. The highest BCUT2D eigenvalue weighted by Gasteiger charge is 2.29. The van der Waals surface area contributed by atoms with E-state index in [2.05, 4.69) is 25.4 Å². The molecule has 1 aromatic rings. The van der Waals surface area contributed by atoms with E-state index in [1.807, 2.05) is 6.92 Å². The molecule has 3 heterocycles. The van der Waals surface area contributed by atoms with Crippen LogP contribution in [0.5, 0.6) is 0 Å². The summed E-state index contributed by atoms with van der Waals surface area (Å²) in [6.45, 7) is 6.72. The lowest BCUT2D eigenvalue weighted by Gasteiger charge is -2.39. The van der Waals surface area contributed by atoms with Crippen molar-refractivity contribution in [1.29, 1.82) is 0 Å². The zero-order chi connectivity index (χ0) is 12.4. The van der Waals surface area contributed by atoms with Gasteiger partial charge in [0.25, 0.3) is 0 Å². The van der Waals surface area contributed by atoms with Crippen LogP contribution in [-0.2, 0) is 0 Å². The summed E-state index contributed by atoms with van der Waals surface area (Å²) < 4.78 is 0.